The van der Waals surface area contributed by atoms with Crippen molar-refractivity contribution in [3.8, 4) is 0 Å². The predicted octanol–water partition coefficient (Wildman–Crippen LogP) is 4.16. The SMILES string of the molecule is CCCCN(CC)c1cc(CNCCC)cc(CCC)n1. The number of rotatable bonds is 11. The maximum atomic E-state index is 4.87. The van der Waals surface area contributed by atoms with E-state index in [0.717, 1.165) is 44.8 Å². The fourth-order valence-corrected chi connectivity index (χ4v) is 2.47. The average molecular weight is 291 g/mol. The Morgan fingerprint density at radius 1 is 1.05 bits per heavy atom. The van der Waals surface area contributed by atoms with E-state index in [1.807, 2.05) is 0 Å². The number of unbranched alkanes of at least 4 members (excludes halogenated alkanes) is 1. The van der Waals surface area contributed by atoms with Gasteiger partial charge in [0.2, 0.25) is 0 Å². The summed E-state index contributed by atoms with van der Waals surface area (Å²) in [5.41, 5.74) is 2.60. The number of anilines is 1. The highest BCUT2D eigenvalue weighted by molar-refractivity contribution is 5.42. The van der Waals surface area contributed by atoms with Gasteiger partial charge in [-0.3, -0.25) is 0 Å². The molecule has 120 valence electrons. The fraction of sp³-hybridized carbons (Fsp3) is 0.722. The van der Waals surface area contributed by atoms with Crippen LogP contribution in [0.15, 0.2) is 12.1 Å². The number of hydrogen-bond donors (Lipinski definition) is 1. The summed E-state index contributed by atoms with van der Waals surface area (Å²) in [5, 5.41) is 3.50. The molecule has 1 aromatic rings. The number of nitrogens with zero attached hydrogens (tertiary/aromatic N) is 2. The quantitative estimate of drug-likeness (QED) is 0.621. The van der Waals surface area contributed by atoms with Crippen molar-refractivity contribution in [1.82, 2.24) is 10.3 Å². The Morgan fingerprint density at radius 2 is 1.86 bits per heavy atom. The van der Waals surface area contributed by atoms with E-state index in [1.54, 1.807) is 0 Å². The van der Waals surface area contributed by atoms with E-state index in [-0.39, 0.29) is 0 Å². The molecule has 21 heavy (non-hydrogen) atoms. The molecular weight excluding hydrogens is 258 g/mol. The molecule has 1 heterocycles. The zero-order valence-corrected chi connectivity index (χ0v) is 14.4. The third-order valence-electron chi connectivity index (χ3n) is 3.67. The van der Waals surface area contributed by atoms with Gasteiger partial charge in [-0.1, -0.05) is 33.6 Å². The van der Waals surface area contributed by atoms with Gasteiger partial charge in [0.25, 0.3) is 0 Å². The largest absolute Gasteiger partial charge is 0.357 e. The Bertz CT molecular complexity index is 390. The lowest BCUT2D eigenvalue weighted by Crippen LogP contribution is -2.25. The van der Waals surface area contributed by atoms with Gasteiger partial charge in [0.15, 0.2) is 0 Å². The summed E-state index contributed by atoms with van der Waals surface area (Å²) in [7, 11) is 0. The van der Waals surface area contributed by atoms with Gasteiger partial charge in [-0.15, -0.1) is 0 Å². The molecule has 3 heteroatoms. The Labute approximate surface area is 131 Å². The van der Waals surface area contributed by atoms with Crippen LogP contribution in [0.2, 0.25) is 0 Å². The van der Waals surface area contributed by atoms with Crippen molar-refractivity contribution in [3.63, 3.8) is 0 Å². The Hall–Kier alpha value is -1.09. The lowest BCUT2D eigenvalue weighted by Gasteiger charge is -2.23. The van der Waals surface area contributed by atoms with Crippen LogP contribution in [0.4, 0.5) is 5.82 Å². The van der Waals surface area contributed by atoms with Crippen LogP contribution in [0, 0.1) is 0 Å². The first-order valence-electron chi connectivity index (χ1n) is 8.70. The number of nitrogens with one attached hydrogen (secondary N) is 1. The summed E-state index contributed by atoms with van der Waals surface area (Å²) in [4.78, 5) is 7.28. The second kappa shape index (κ2) is 10.6. The summed E-state index contributed by atoms with van der Waals surface area (Å²) in [6.45, 7) is 13.1. The van der Waals surface area contributed by atoms with Crippen LogP contribution in [0.25, 0.3) is 0 Å². The number of hydrogen-bond acceptors (Lipinski definition) is 3. The third kappa shape index (κ3) is 6.47. The van der Waals surface area contributed by atoms with Crippen molar-refractivity contribution < 1.29 is 0 Å². The summed E-state index contributed by atoms with van der Waals surface area (Å²) >= 11 is 0. The monoisotopic (exact) mass is 291 g/mol. The minimum absolute atomic E-state index is 0.950. The molecule has 0 radical (unpaired) electrons. The third-order valence-corrected chi connectivity index (χ3v) is 3.67. The highest BCUT2D eigenvalue weighted by atomic mass is 15.2. The maximum absolute atomic E-state index is 4.87. The van der Waals surface area contributed by atoms with Crippen LogP contribution in [0.3, 0.4) is 0 Å². The Morgan fingerprint density at radius 3 is 2.48 bits per heavy atom. The molecule has 1 N–H and O–H groups in total. The first kappa shape index (κ1) is 18.0. The topological polar surface area (TPSA) is 28.2 Å². The van der Waals surface area contributed by atoms with E-state index < -0.39 is 0 Å². The normalized spacial score (nSPS) is 10.9. The zero-order chi connectivity index (χ0) is 15.5. The first-order chi connectivity index (χ1) is 10.2. The van der Waals surface area contributed by atoms with Crippen LogP contribution in [0.5, 0.6) is 0 Å². The second-order valence-corrected chi connectivity index (χ2v) is 5.68. The molecule has 0 atom stereocenters. The molecule has 0 aliphatic carbocycles. The molecule has 0 aliphatic heterocycles. The number of aryl methyl sites for hydroxylation is 1. The molecule has 3 nitrogen and oxygen atoms in total. The van der Waals surface area contributed by atoms with Gasteiger partial charge in [-0.2, -0.15) is 0 Å². The van der Waals surface area contributed by atoms with Crippen LogP contribution < -0.4 is 10.2 Å². The molecule has 0 aliphatic rings. The second-order valence-electron chi connectivity index (χ2n) is 5.68. The van der Waals surface area contributed by atoms with Gasteiger partial charge in [0.1, 0.15) is 5.82 Å². The summed E-state index contributed by atoms with van der Waals surface area (Å²) < 4.78 is 0. The molecule has 0 saturated carbocycles. The van der Waals surface area contributed by atoms with Gasteiger partial charge >= 0.3 is 0 Å². The summed E-state index contributed by atoms with van der Waals surface area (Å²) in [5.74, 6) is 1.16. The van der Waals surface area contributed by atoms with Gasteiger partial charge in [-0.05, 0) is 50.4 Å². The fourth-order valence-electron chi connectivity index (χ4n) is 2.47. The van der Waals surface area contributed by atoms with Crippen molar-refractivity contribution in [1.29, 1.82) is 0 Å². The van der Waals surface area contributed by atoms with Gasteiger partial charge in [0.05, 0.1) is 0 Å². The molecule has 0 unspecified atom stereocenters. The van der Waals surface area contributed by atoms with Crippen LogP contribution in [0.1, 0.15) is 64.6 Å². The molecule has 0 aromatic carbocycles. The first-order valence-corrected chi connectivity index (χ1v) is 8.70. The molecule has 0 saturated heterocycles. The lowest BCUT2D eigenvalue weighted by atomic mass is 10.1. The smallest absolute Gasteiger partial charge is 0.129 e. The van der Waals surface area contributed by atoms with E-state index in [0.29, 0.717) is 0 Å². The molecule has 1 aromatic heterocycles. The van der Waals surface area contributed by atoms with Crippen molar-refractivity contribution in [2.45, 2.75) is 66.3 Å². The molecule has 1 rings (SSSR count). The highest BCUT2D eigenvalue weighted by Crippen LogP contribution is 2.17. The molecule has 0 bridgehead atoms. The minimum Gasteiger partial charge on any atom is -0.357 e. The van der Waals surface area contributed by atoms with E-state index in [9.17, 15) is 0 Å². The number of aromatic nitrogens is 1. The summed E-state index contributed by atoms with van der Waals surface area (Å²) in [6.07, 6.45) is 5.86. The van der Waals surface area contributed by atoms with Gasteiger partial charge in [-0.25, -0.2) is 4.98 Å². The zero-order valence-electron chi connectivity index (χ0n) is 14.4. The predicted molar refractivity (Wildman–Crippen MR) is 93.0 cm³/mol. The van der Waals surface area contributed by atoms with Crippen molar-refractivity contribution in [2.75, 3.05) is 24.5 Å². The van der Waals surface area contributed by atoms with Crippen molar-refractivity contribution in [3.05, 3.63) is 23.4 Å². The van der Waals surface area contributed by atoms with E-state index >= 15 is 0 Å². The summed E-state index contributed by atoms with van der Waals surface area (Å²) in [6, 6.07) is 4.53. The van der Waals surface area contributed by atoms with E-state index in [4.69, 9.17) is 4.98 Å². The molecular formula is C18H33N3. The Kier molecular flexibility index (Phi) is 9.07. The molecule has 0 spiro atoms. The van der Waals surface area contributed by atoms with Crippen LogP contribution >= 0.6 is 0 Å². The van der Waals surface area contributed by atoms with E-state index in [2.05, 4.69) is 50.0 Å². The molecule has 0 fully saturated rings. The van der Waals surface area contributed by atoms with Crippen LogP contribution in [-0.4, -0.2) is 24.6 Å². The average Bonchev–Trinajstić information content (AvgIpc) is 2.48. The standard InChI is InChI=1S/C18H33N3/c1-5-9-12-21(8-4)18-14-16(15-19-11-7-3)13-17(20-18)10-6-2/h13-14,19H,5-12,15H2,1-4H3. The van der Waals surface area contributed by atoms with Crippen LogP contribution in [-0.2, 0) is 13.0 Å². The van der Waals surface area contributed by atoms with Gasteiger partial charge < -0.3 is 10.2 Å². The van der Waals surface area contributed by atoms with E-state index in [1.165, 1.54) is 30.5 Å². The Balaban J connectivity index is 2.88. The molecule has 0 amide bonds. The lowest BCUT2D eigenvalue weighted by molar-refractivity contribution is 0.671. The van der Waals surface area contributed by atoms with Crippen molar-refractivity contribution in [2.24, 2.45) is 0 Å². The highest BCUT2D eigenvalue weighted by Gasteiger charge is 2.09. The van der Waals surface area contributed by atoms with Crippen molar-refractivity contribution >= 4 is 5.82 Å². The minimum atomic E-state index is 0.950. The maximum Gasteiger partial charge on any atom is 0.129 e. The number of pyridine rings is 1. The van der Waals surface area contributed by atoms with Gasteiger partial charge in [0, 0.05) is 25.3 Å².